The second-order valence-electron chi connectivity index (χ2n) is 2.80. The zero-order valence-electron chi connectivity index (χ0n) is 7.36. The van der Waals surface area contributed by atoms with E-state index in [-0.39, 0.29) is 12.3 Å². The zero-order chi connectivity index (χ0) is 9.84. The van der Waals surface area contributed by atoms with Crippen molar-refractivity contribution >= 4 is 13.2 Å². The first kappa shape index (κ1) is 9.76. The van der Waals surface area contributed by atoms with E-state index < -0.39 is 13.2 Å². The van der Waals surface area contributed by atoms with E-state index in [1.54, 1.807) is 0 Å². The molecule has 6 heteroatoms. The smallest absolute Gasteiger partial charge is 0.508 e. The molecule has 70 valence electrons. The minimum atomic E-state index is -1.36. The Bertz CT molecular complexity index is 243. The summed E-state index contributed by atoms with van der Waals surface area (Å²) in [6, 6.07) is 0. The fourth-order valence-corrected chi connectivity index (χ4v) is 1.14. The molecule has 1 fully saturated rings. The highest BCUT2D eigenvalue weighted by Gasteiger charge is 2.35. The maximum absolute atomic E-state index is 11.0. The van der Waals surface area contributed by atoms with Gasteiger partial charge in [0.1, 0.15) is 0 Å². The molecule has 13 heavy (non-hydrogen) atoms. The van der Waals surface area contributed by atoms with Crippen molar-refractivity contribution in [3.8, 4) is 0 Å². The van der Waals surface area contributed by atoms with Crippen molar-refractivity contribution < 1.29 is 14.1 Å². The van der Waals surface area contributed by atoms with Crippen LogP contribution >= 0.6 is 0 Å². The molecule has 0 radical (unpaired) electrons. The Labute approximate surface area is 76.2 Å². The Balaban J connectivity index is 2.72. The summed E-state index contributed by atoms with van der Waals surface area (Å²) in [5, 5.41) is 2.50. The molecule has 1 aliphatic heterocycles. The quantitative estimate of drug-likeness (QED) is 0.477. The van der Waals surface area contributed by atoms with Crippen LogP contribution in [0.1, 0.15) is 19.8 Å². The highest BCUT2D eigenvalue weighted by atomic mass is 16.6. The molecular weight excluding hydrogens is 173 g/mol. The maximum atomic E-state index is 11.0. The molecule has 0 aromatic rings. The molecule has 1 rings (SSSR count). The summed E-state index contributed by atoms with van der Waals surface area (Å²) in [5.41, 5.74) is 0. The minimum Gasteiger partial charge on any atom is -0.508 e. The number of carbonyl (C=O) groups excluding carboxylic acids is 1. The predicted octanol–water partition coefficient (Wildman–Crippen LogP) is 1.24. The summed E-state index contributed by atoms with van der Waals surface area (Å²) in [5.74, 6) is -0.174. The third-order valence-electron chi connectivity index (χ3n) is 1.93. The summed E-state index contributed by atoms with van der Waals surface area (Å²) in [7, 11) is -1.36. The van der Waals surface area contributed by atoms with Gasteiger partial charge >= 0.3 is 7.25 Å². The maximum Gasteiger partial charge on any atom is 0.797 e. The average Bonchev–Trinajstić information content (AvgIpc) is 2.25. The van der Waals surface area contributed by atoms with Crippen LogP contribution in [0.2, 0.25) is 0 Å². The van der Waals surface area contributed by atoms with Crippen LogP contribution in [-0.2, 0) is 14.1 Å². The third kappa shape index (κ3) is 2.30. The predicted molar refractivity (Wildman–Crippen MR) is 46.3 cm³/mol. The highest BCUT2D eigenvalue weighted by Crippen LogP contribution is 2.23. The van der Waals surface area contributed by atoms with Gasteiger partial charge < -0.3 is 9.31 Å². The molecule has 0 saturated carbocycles. The molecule has 0 N–H and O–H groups in total. The molecule has 1 aliphatic rings. The molecule has 5 nitrogen and oxygen atoms in total. The Hall–Kier alpha value is -1.33. The van der Waals surface area contributed by atoms with Crippen molar-refractivity contribution in [3.05, 3.63) is 17.2 Å². The molecule has 0 aromatic carbocycles. The van der Waals surface area contributed by atoms with Gasteiger partial charge in [-0.1, -0.05) is 13.5 Å². The van der Waals surface area contributed by atoms with Crippen LogP contribution < -0.4 is 0 Å². The third-order valence-corrected chi connectivity index (χ3v) is 1.93. The van der Waals surface area contributed by atoms with E-state index in [1.807, 2.05) is 6.92 Å². The first-order chi connectivity index (χ1) is 6.17. The minimum absolute atomic E-state index is 0.0840. The van der Waals surface area contributed by atoms with Gasteiger partial charge in [-0.05, 0) is 11.5 Å². The number of carbonyl (C=O) groups is 1. The summed E-state index contributed by atoms with van der Waals surface area (Å²) in [6.45, 7) is 5.51. The van der Waals surface area contributed by atoms with Crippen LogP contribution in [0.3, 0.4) is 0 Å². The number of allylic oxidation sites excluding steroid dienone is 1. The first-order valence-electron chi connectivity index (χ1n) is 4.04. The van der Waals surface area contributed by atoms with E-state index in [0.717, 1.165) is 6.42 Å². The normalized spacial score (nSPS) is 23.2. The molecule has 1 unspecified atom stereocenters. The van der Waals surface area contributed by atoms with Crippen LogP contribution in [0.5, 0.6) is 0 Å². The first-order valence-corrected chi connectivity index (χ1v) is 4.04. The van der Waals surface area contributed by atoms with E-state index in [9.17, 15) is 9.70 Å². The molecule has 1 atom stereocenters. The van der Waals surface area contributed by atoms with Crippen molar-refractivity contribution in [2.24, 2.45) is 11.0 Å². The van der Waals surface area contributed by atoms with Crippen molar-refractivity contribution in [1.82, 2.24) is 0 Å². The number of rotatable bonds is 2. The van der Waals surface area contributed by atoms with Crippen LogP contribution in [0, 0.1) is 10.8 Å². The Morgan fingerprint density at radius 2 is 2.38 bits per heavy atom. The van der Waals surface area contributed by atoms with E-state index in [2.05, 4.69) is 16.3 Å². The van der Waals surface area contributed by atoms with Crippen molar-refractivity contribution in [1.29, 1.82) is 0 Å². The monoisotopic (exact) mass is 183 g/mol. The topological polar surface area (TPSA) is 65.0 Å². The van der Waals surface area contributed by atoms with Crippen molar-refractivity contribution in [2.45, 2.75) is 19.8 Å². The number of hydrogen-bond acceptors (Lipinski definition) is 5. The van der Waals surface area contributed by atoms with Gasteiger partial charge in [-0.15, -0.1) is 0 Å². The highest BCUT2D eigenvalue weighted by molar-refractivity contribution is 6.45. The average molecular weight is 183 g/mol. The lowest BCUT2D eigenvalue weighted by Crippen LogP contribution is -2.20. The van der Waals surface area contributed by atoms with E-state index in [4.69, 9.17) is 4.65 Å². The lowest BCUT2D eigenvalue weighted by molar-refractivity contribution is -0.135. The fraction of sp³-hybridized carbons (Fsp3) is 0.571. The van der Waals surface area contributed by atoms with Gasteiger partial charge in [-0.2, -0.15) is 4.91 Å². The number of nitrogens with zero attached hydrogens (tertiary/aromatic N) is 1. The van der Waals surface area contributed by atoms with Gasteiger partial charge in [0.05, 0.1) is 12.2 Å². The molecule has 0 spiro atoms. The van der Waals surface area contributed by atoms with Gasteiger partial charge in [-0.25, -0.2) is 0 Å². The standard InChI is InChI=1S/C7H10BNO4/c1-3-6-4-7(10)13-8(9-11)12-5(6)2/h6H,2-4H2,1H3. The fourth-order valence-electron chi connectivity index (χ4n) is 1.14. The summed E-state index contributed by atoms with van der Waals surface area (Å²) in [6.07, 6.45) is 0.918. The second kappa shape index (κ2) is 4.07. The van der Waals surface area contributed by atoms with Gasteiger partial charge in [0, 0.05) is 5.92 Å². The van der Waals surface area contributed by atoms with Gasteiger partial charge in [0.15, 0.2) is 0 Å². The summed E-state index contributed by atoms with van der Waals surface area (Å²) >= 11 is 0. The Kier molecular flexibility index (Phi) is 3.05. The lowest BCUT2D eigenvalue weighted by Gasteiger charge is -2.11. The zero-order valence-corrected chi connectivity index (χ0v) is 7.36. The SMILES string of the molecule is C=C1OB(N=O)OC(=O)CC1CC. The van der Waals surface area contributed by atoms with Crippen LogP contribution in [0.25, 0.3) is 0 Å². The number of hydrogen-bond donors (Lipinski definition) is 0. The summed E-state index contributed by atoms with van der Waals surface area (Å²) < 4.78 is 9.48. The van der Waals surface area contributed by atoms with Crippen LogP contribution in [-0.4, -0.2) is 13.2 Å². The van der Waals surface area contributed by atoms with E-state index in [1.165, 1.54) is 0 Å². The van der Waals surface area contributed by atoms with E-state index >= 15 is 0 Å². The molecule has 1 saturated heterocycles. The summed E-state index contributed by atoms with van der Waals surface area (Å²) in [4.78, 5) is 21.1. The van der Waals surface area contributed by atoms with E-state index in [0.29, 0.717) is 5.76 Å². The van der Waals surface area contributed by atoms with Crippen molar-refractivity contribution in [3.63, 3.8) is 0 Å². The van der Waals surface area contributed by atoms with Crippen molar-refractivity contribution in [2.75, 3.05) is 0 Å². The second-order valence-corrected chi connectivity index (χ2v) is 2.80. The van der Waals surface area contributed by atoms with Gasteiger partial charge in [0.2, 0.25) is 0 Å². The molecule has 0 amide bonds. The van der Waals surface area contributed by atoms with Crippen LogP contribution in [0.4, 0.5) is 0 Å². The number of nitroso groups, excluding NO2 is 1. The Morgan fingerprint density at radius 3 is 2.92 bits per heavy atom. The molecule has 1 heterocycles. The molecule has 0 aliphatic carbocycles. The molecular formula is C7H10BNO4. The largest absolute Gasteiger partial charge is 0.797 e. The van der Waals surface area contributed by atoms with Gasteiger partial charge in [-0.3, -0.25) is 4.79 Å². The molecule has 0 bridgehead atoms. The van der Waals surface area contributed by atoms with Crippen LogP contribution in [0.15, 0.2) is 17.4 Å². The molecule has 0 aromatic heterocycles. The lowest BCUT2D eigenvalue weighted by atomic mass is 10.0. The van der Waals surface area contributed by atoms with Gasteiger partial charge in [0.25, 0.3) is 5.97 Å². The Morgan fingerprint density at radius 1 is 1.69 bits per heavy atom.